The molecule has 0 aromatic heterocycles. The van der Waals surface area contributed by atoms with Crippen molar-refractivity contribution in [2.75, 3.05) is 20.2 Å². The Morgan fingerprint density at radius 2 is 2.05 bits per heavy atom. The van der Waals surface area contributed by atoms with Crippen molar-refractivity contribution in [2.45, 2.75) is 45.3 Å². The van der Waals surface area contributed by atoms with Crippen LogP contribution in [0.3, 0.4) is 0 Å². The van der Waals surface area contributed by atoms with E-state index >= 15 is 0 Å². The first kappa shape index (κ1) is 15.9. The molecule has 2 atom stereocenters. The van der Waals surface area contributed by atoms with Gasteiger partial charge in [0.05, 0.1) is 17.6 Å². The zero-order valence-electron chi connectivity index (χ0n) is 11.9. The molecule has 1 aliphatic heterocycles. The van der Waals surface area contributed by atoms with Crippen molar-refractivity contribution >= 4 is 11.9 Å². The number of aliphatic carboxylic acids is 1. The maximum Gasteiger partial charge on any atom is 0.311 e. The monoisotopic (exact) mass is 272 g/mol. The van der Waals surface area contributed by atoms with E-state index in [0.29, 0.717) is 25.8 Å². The van der Waals surface area contributed by atoms with Crippen molar-refractivity contribution in [3.05, 3.63) is 0 Å². The molecular formula is C13H24N2O4. The number of rotatable bonds is 7. The minimum Gasteiger partial charge on any atom is -0.481 e. The average molecular weight is 272 g/mol. The van der Waals surface area contributed by atoms with Gasteiger partial charge in [0.2, 0.25) is 5.91 Å². The van der Waals surface area contributed by atoms with Gasteiger partial charge in [-0.25, -0.2) is 0 Å². The lowest BCUT2D eigenvalue weighted by molar-refractivity contribution is -0.149. The molecule has 1 heterocycles. The number of carboxylic acid groups (broad SMARTS) is 1. The summed E-state index contributed by atoms with van der Waals surface area (Å²) in [6.07, 6.45) is 1.67. The van der Waals surface area contributed by atoms with Crippen LogP contribution in [0.15, 0.2) is 0 Å². The van der Waals surface area contributed by atoms with Crippen molar-refractivity contribution < 1.29 is 19.4 Å². The van der Waals surface area contributed by atoms with Gasteiger partial charge in [-0.05, 0) is 19.3 Å². The first-order valence-corrected chi connectivity index (χ1v) is 6.76. The van der Waals surface area contributed by atoms with Gasteiger partial charge in [0, 0.05) is 20.2 Å². The Hall–Kier alpha value is -1.14. The second-order valence-corrected chi connectivity index (χ2v) is 5.06. The molecule has 1 rings (SSSR count). The molecule has 3 N–H and O–H groups in total. The number of ether oxygens (including phenoxy) is 1. The quantitative estimate of drug-likeness (QED) is 0.623. The van der Waals surface area contributed by atoms with Gasteiger partial charge in [-0.3, -0.25) is 9.59 Å². The molecule has 0 saturated carbocycles. The Kier molecular flexibility index (Phi) is 5.75. The molecule has 1 aliphatic rings. The average Bonchev–Trinajstić information content (AvgIpc) is 2.88. The van der Waals surface area contributed by atoms with Crippen LogP contribution in [-0.4, -0.2) is 49.3 Å². The highest BCUT2D eigenvalue weighted by atomic mass is 16.5. The molecule has 0 aromatic rings. The van der Waals surface area contributed by atoms with E-state index < -0.39 is 11.4 Å². The minimum atomic E-state index is -0.866. The van der Waals surface area contributed by atoms with Gasteiger partial charge in [-0.1, -0.05) is 13.8 Å². The predicted molar refractivity (Wildman–Crippen MR) is 70.9 cm³/mol. The van der Waals surface area contributed by atoms with Gasteiger partial charge in [-0.15, -0.1) is 0 Å². The topological polar surface area (TPSA) is 87.7 Å². The fourth-order valence-electron chi connectivity index (χ4n) is 2.34. The maximum absolute atomic E-state index is 12.0. The Bertz CT molecular complexity index is 329. The first-order chi connectivity index (χ1) is 8.99. The summed E-state index contributed by atoms with van der Waals surface area (Å²) in [7, 11) is 1.62. The Labute approximate surface area is 113 Å². The van der Waals surface area contributed by atoms with Crippen LogP contribution < -0.4 is 10.6 Å². The van der Waals surface area contributed by atoms with Crippen LogP contribution in [-0.2, 0) is 14.3 Å². The highest BCUT2D eigenvalue weighted by molar-refractivity contribution is 5.83. The summed E-state index contributed by atoms with van der Waals surface area (Å²) in [6, 6.07) is -0.287. The van der Waals surface area contributed by atoms with Gasteiger partial charge in [-0.2, -0.15) is 0 Å². The first-order valence-electron chi connectivity index (χ1n) is 6.76. The number of carboxylic acids is 1. The van der Waals surface area contributed by atoms with E-state index in [9.17, 15) is 14.7 Å². The van der Waals surface area contributed by atoms with Crippen molar-refractivity contribution in [3.8, 4) is 0 Å². The molecule has 0 aromatic carbocycles. The number of methoxy groups -OCH3 is 1. The van der Waals surface area contributed by atoms with Crippen molar-refractivity contribution in [3.63, 3.8) is 0 Å². The molecule has 0 aliphatic carbocycles. The van der Waals surface area contributed by atoms with Gasteiger partial charge < -0.3 is 20.5 Å². The smallest absolute Gasteiger partial charge is 0.311 e. The number of hydrogen-bond acceptors (Lipinski definition) is 4. The highest BCUT2D eigenvalue weighted by Crippen LogP contribution is 2.25. The lowest BCUT2D eigenvalue weighted by Gasteiger charge is -2.27. The van der Waals surface area contributed by atoms with Gasteiger partial charge in [0.1, 0.15) is 0 Å². The molecule has 0 spiro atoms. The molecular weight excluding hydrogens is 248 g/mol. The molecule has 1 amide bonds. The standard InChI is InChI=1S/C13H24N2O4/c1-4-13(5-2,12(17)18)8-15-11(16)10-6-9(19-3)7-14-10/h9-10,14H,4-8H2,1-3H3,(H,15,16)(H,17,18). The van der Waals surface area contributed by atoms with E-state index in [1.807, 2.05) is 13.8 Å². The summed E-state index contributed by atoms with van der Waals surface area (Å²) in [6.45, 7) is 4.49. The van der Waals surface area contributed by atoms with E-state index in [4.69, 9.17) is 4.74 Å². The fraction of sp³-hybridized carbons (Fsp3) is 0.846. The molecule has 0 bridgehead atoms. The molecule has 0 radical (unpaired) electrons. The van der Waals surface area contributed by atoms with Gasteiger partial charge in [0.15, 0.2) is 0 Å². The third kappa shape index (κ3) is 3.67. The third-order valence-electron chi connectivity index (χ3n) is 4.15. The largest absolute Gasteiger partial charge is 0.481 e. The van der Waals surface area contributed by atoms with Crippen LogP contribution in [0.2, 0.25) is 0 Å². The molecule has 19 heavy (non-hydrogen) atoms. The highest BCUT2D eigenvalue weighted by Gasteiger charge is 2.36. The van der Waals surface area contributed by atoms with Crippen molar-refractivity contribution in [1.82, 2.24) is 10.6 Å². The van der Waals surface area contributed by atoms with Crippen molar-refractivity contribution in [1.29, 1.82) is 0 Å². The number of carbonyl (C=O) groups is 2. The number of carbonyl (C=O) groups excluding carboxylic acids is 1. The Balaban J connectivity index is 2.51. The van der Waals surface area contributed by atoms with Crippen LogP contribution in [0.1, 0.15) is 33.1 Å². The summed E-state index contributed by atoms with van der Waals surface area (Å²) in [4.78, 5) is 23.3. The van der Waals surface area contributed by atoms with Crippen LogP contribution in [0.25, 0.3) is 0 Å². The van der Waals surface area contributed by atoms with Crippen LogP contribution >= 0.6 is 0 Å². The SMILES string of the molecule is CCC(CC)(CNC(=O)C1CC(OC)CN1)C(=O)O. The van der Waals surface area contributed by atoms with E-state index in [1.165, 1.54) is 0 Å². The molecule has 6 heteroatoms. The fourth-order valence-corrected chi connectivity index (χ4v) is 2.34. The second kappa shape index (κ2) is 6.86. The zero-order valence-corrected chi connectivity index (χ0v) is 11.9. The lowest BCUT2D eigenvalue weighted by atomic mass is 9.82. The van der Waals surface area contributed by atoms with E-state index in [0.717, 1.165) is 0 Å². The van der Waals surface area contributed by atoms with E-state index in [2.05, 4.69) is 10.6 Å². The number of nitrogens with one attached hydrogen (secondary N) is 2. The van der Waals surface area contributed by atoms with Gasteiger partial charge in [0.25, 0.3) is 0 Å². The van der Waals surface area contributed by atoms with Crippen LogP contribution in [0.5, 0.6) is 0 Å². The van der Waals surface area contributed by atoms with Gasteiger partial charge >= 0.3 is 5.97 Å². The molecule has 1 fully saturated rings. The number of hydrogen-bond donors (Lipinski definition) is 3. The normalized spacial score (nSPS) is 23.3. The summed E-state index contributed by atoms with van der Waals surface area (Å²) in [5.74, 6) is -1.00. The third-order valence-corrected chi connectivity index (χ3v) is 4.15. The lowest BCUT2D eigenvalue weighted by Crippen LogP contribution is -2.47. The summed E-state index contributed by atoms with van der Waals surface area (Å²) in [5.41, 5.74) is -0.866. The molecule has 110 valence electrons. The molecule has 1 saturated heterocycles. The molecule has 6 nitrogen and oxygen atoms in total. The Morgan fingerprint density at radius 3 is 2.47 bits per heavy atom. The van der Waals surface area contributed by atoms with Crippen LogP contribution in [0, 0.1) is 5.41 Å². The Morgan fingerprint density at radius 1 is 1.42 bits per heavy atom. The summed E-state index contributed by atoms with van der Waals surface area (Å²) < 4.78 is 5.18. The summed E-state index contributed by atoms with van der Waals surface area (Å²) in [5, 5.41) is 15.1. The predicted octanol–water partition coefficient (Wildman–Crippen LogP) is 0.371. The van der Waals surface area contributed by atoms with E-state index in [1.54, 1.807) is 7.11 Å². The summed E-state index contributed by atoms with van der Waals surface area (Å²) >= 11 is 0. The van der Waals surface area contributed by atoms with Crippen LogP contribution in [0.4, 0.5) is 0 Å². The zero-order chi connectivity index (χ0) is 14.5. The second-order valence-electron chi connectivity index (χ2n) is 5.06. The van der Waals surface area contributed by atoms with E-state index in [-0.39, 0.29) is 24.6 Å². The molecule has 2 unspecified atom stereocenters. The maximum atomic E-state index is 12.0. The minimum absolute atomic E-state index is 0.0531. The van der Waals surface area contributed by atoms with Crippen molar-refractivity contribution in [2.24, 2.45) is 5.41 Å². The number of amides is 1.